The van der Waals surface area contributed by atoms with Crippen molar-refractivity contribution >= 4 is 31.5 Å². The molecule has 9 heavy (non-hydrogen) atoms. The van der Waals surface area contributed by atoms with E-state index in [4.69, 9.17) is 0 Å². The molecule has 0 unspecified atom stereocenters. The molecule has 0 aromatic rings. The molecule has 1 fully saturated rings. The van der Waals surface area contributed by atoms with Crippen molar-refractivity contribution in [3.8, 4) is 0 Å². The van der Waals surface area contributed by atoms with E-state index in [1.807, 2.05) is 0 Å². The van der Waals surface area contributed by atoms with E-state index in [0.717, 1.165) is 0 Å². The maximum Gasteiger partial charge on any atom is 0.129 e. The summed E-state index contributed by atoms with van der Waals surface area (Å²) in [6.07, 6.45) is 2.90. The Morgan fingerprint density at radius 3 is 2.56 bits per heavy atom. The molecule has 0 N–H and O–H groups in total. The van der Waals surface area contributed by atoms with Crippen LogP contribution in [0.25, 0.3) is 0 Å². The summed E-state index contributed by atoms with van der Waals surface area (Å²) in [5.74, 6) is 0. The minimum Gasteiger partial charge on any atom is -0.129 e. The maximum absolute atomic E-state index is 3.72. The first kappa shape index (κ1) is 8.01. The fraction of sp³-hybridized carbons (Fsp3) is 1.00. The van der Waals surface area contributed by atoms with Crippen LogP contribution in [0.4, 0.5) is 0 Å². The number of halogens is 1. The summed E-state index contributed by atoms with van der Waals surface area (Å²) in [5.41, 5.74) is 3.27. The van der Waals surface area contributed by atoms with Gasteiger partial charge in [-0.25, -0.2) is 0 Å². The van der Waals surface area contributed by atoms with Crippen LogP contribution >= 0.6 is 15.3 Å². The third-order valence-corrected chi connectivity index (χ3v) is 14.9. The van der Waals surface area contributed by atoms with E-state index in [2.05, 4.69) is 22.2 Å². The topological polar surface area (TPSA) is 0 Å². The molecule has 1 saturated heterocycles. The molecule has 0 atom stereocenters. The molecule has 2 radical (unpaired) electrons. The highest BCUT2D eigenvalue weighted by atomic mass is 79.9. The van der Waals surface area contributed by atoms with Crippen molar-refractivity contribution in [3.63, 3.8) is 0 Å². The summed E-state index contributed by atoms with van der Waals surface area (Å²) in [6, 6.07) is 1.60. The van der Waals surface area contributed by atoms with Crippen LogP contribution in [0.1, 0.15) is 19.8 Å². The Morgan fingerprint density at radius 2 is 2.11 bits per heavy atom. The summed E-state index contributed by atoms with van der Waals surface area (Å²) in [7, 11) is 0.325. The van der Waals surface area contributed by atoms with Crippen molar-refractivity contribution in [1.82, 2.24) is 0 Å². The van der Waals surface area contributed by atoms with Crippen LogP contribution in [0.2, 0.25) is 17.4 Å². The van der Waals surface area contributed by atoms with Crippen LogP contribution in [0.3, 0.4) is 0 Å². The second kappa shape index (κ2) is 3.93. The molecule has 0 aromatic heterocycles. The zero-order valence-electron chi connectivity index (χ0n) is 5.91. The van der Waals surface area contributed by atoms with Crippen LogP contribution in [0.15, 0.2) is 0 Å². The third-order valence-electron chi connectivity index (χ3n) is 1.77. The molecule has 0 amide bonds. The van der Waals surface area contributed by atoms with Gasteiger partial charge in [0.1, 0.15) is 7.42 Å². The van der Waals surface area contributed by atoms with Gasteiger partial charge in [0.2, 0.25) is 0 Å². The van der Waals surface area contributed by atoms with E-state index in [9.17, 15) is 0 Å². The zero-order chi connectivity index (χ0) is 6.69. The SMILES string of the molecule is CCCC[Si]1C[Si](Br)C1. The molecule has 0 aliphatic carbocycles. The molecule has 0 saturated carbocycles. The Bertz CT molecular complexity index is 81.1. The Hall–Kier alpha value is 0.914. The van der Waals surface area contributed by atoms with Crippen LogP contribution < -0.4 is 0 Å². The van der Waals surface area contributed by atoms with Gasteiger partial charge in [-0.15, -0.1) is 15.3 Å². The van der Waals surface area contributed by atoms with Gasteiger partial charge in [0, 0.05) is 8.80 Å². The molecule has 0 aromatic carbocycles. The van der Waals surface area contributed by atoms with Crippen molar-refractivity contribution in [2.45, 2.75) is 37.1 Å². The molecule has 1 aliphatic rings. The number of hydrogen-bond donors (Lipinski definition) is 0. The average molecular weight is 221 g/mol. The lowest BCUT2D eigenvalue weighted by molar-refractivity contribution is 0.871. The molecular weight excluding hydrogens is 208 g/mol. The fourth-order valence-electron chi connectivity index (χ4n) is 1.09. The van der Waals surface area contributed by atoms with Gasteiger partial charge >= 0.3 is 0 Å². The zero-order valence-corrected chi connectivity index (χ0v) is 9.50. The first-order chi connectivity index (χ1) is 4.33. The molecule has 1 heterocycles. The van der Waals surface area contributed by atoms with Crippen molar-refractivity contribution in [2.24, 2.45) is 0 Å². The van der Waals surface area contributed by atoms with Crippen LogP contribution in [-0.4, -0.2) is 16.2 Å². The van der Waals surface area contributed by atoms with Gasteiger partial charge in [-0.3, -0.25) is 0 Å². The lowest BCUT2D eigenvalue weighted by Crippen LogP contribution is -2.34. The van der Waals surface area contributed by atoms with E-state index < -0.39 is 0 Å². The van der Waals surface area contributed by atoms with Gasteiger partial charge in [-0.1, -0.05) is 37.1 Å². The smallest absolute Gasteiger partial charge is 0.129 e. The highest BCUT2D eigenvalue weighted by Crippen LogP contribution is 2.28. The summed E-state index contributed by atoms with van der Waals surface area (Å²) in [6.45, 7) is 2.29. The van der Waals surface area contributed by atoms with Gasteiger partial charge in [-0.05, 0) is 0 Å². The first-order valence-electron chi connectivity index (χ1n) is 3.66. The fourth-order valence-corrected chi connectivity index (χ4v) is 14.4. The highest BCUT2D eigenvalue weighted by Gasteiger charge is 2.29. The van der Waals surface area contributed by atoms with Crippen LogP contribution in [0.5, 0.6) is 0 Å². The minimum absolute atomic E-state index is 0.0862. The van der Waals surface area contributed by atoms with Gasteiger partial charge < -0.3 is 0 Å². The van der Waals surface area contributed by atoms with Gasteiger partial charge in [0.15, 0.2) is 0 Å². The molecule has 3 heteroatoms. The van der Waals surface area contributed by atoms with Crippen LogP contribution in [0, 0.1) is 0 Å². The Morgan fingerprint density at radius 1 is 1.44 bits per heavy atom. The van der Waals surface area contributed by atoms with Gasteiger partial charge in [-0.2, -0.15) is 0 Å². The normalized spacial score (nSPS) is 22.0. The highest BCUT2D eigenvalue weighted by molar-refractivity contribution is 9.24. The van der Waals surface area contributed by atoms with Crippen molar-refractivity contribution in [1.29, 1.82) is 0 Å². The molecule has 0 spiro atoms. The molecule has 0 nitrogen and oxygen atoms in total. The van der Waals surface area contributed by atoms with Crippen LogP contribution in [-0.2, 0) is 0 Å². The maximum atomic E-state index is 3.72. The number of unbranched alkanes of at least 4 members (excludes halogenated alkanes) is 1. The Kier molecular flexibility index (Phi) is 3.50. The predicted octanol–water partition coefficient (Wildman–Crippen LogP) is 2.76. The quantitative estimate of drug-likeness (QED) is 0.508. The predicted molar refractivity (Wildman–Crippen MR) is 49.8 cm³/mol. The average Bonchev–Trinajstić information content (AvgIpc) is 1.78. The summed E-state index contributed by atoms with van der Waals surface area (Å²) in [4.78, 5) is 0. The standard InChI is InChI=1S/C6H13BrSi2/c1-2-3-4-8-5-9(7)6-8/h2-6H2,1H3. The Balaban J connectivity index is 1.91. The Labute approximate surface area is 68.8 Å². The van der Waals surface area contributed by atoms with E-state index in [1.165, 1.54) is 12.8 Å². The summed E-state index contributed by atoms with van der Waals surface area (Å²) < 4.78 is 0. The lowest BCUT2D eigenvalue weighted by Gasteiger charge is -2.27. The monoisotopic (exact) mass is 220 g/mol. The number of rotatable bonds is 3. The largest absolute Gasteiger partial charge is 0.129 e. The van der Waals surface area contributed by atoms with Gasteiger partial charge in [0.25, 0.3) is 0 Å². The van der Waals surface area contributed by atoms with E-state index >= 15 is 0 Å². The van der Waals surface area contributed by atoms with E-state index in [1.54, 1.807) is 17.4 Å². The summed E-state index contributed by atoms with van der Waals surface area (Å²) >= 11 is 3.72. The molecule has 0 bridgehead atoms. The second-order valence-corrected chi connectivity index (χ2v) is 12.0. The lowest BCUT2D eigenvalue weighted by atomic mass is 10.4. The van der Waals surface area contributed by atoms with Crippen molar-refractivity contribution < 1.29 is 0 Å². The molecular formula is C6H13BrSi2. The number of hydrogen-bond acceptors (Lipinski definition) is 0. The molecule has 52 valence electrons. The first-order valence-corrected chi connectivity index (χ1v) is 9.96. The van der Waals surface area contributed by atoms with E-state index in [0.29, 0.717) is 0 Å². The van der Waals surface area contributed by atoms with Gasteiger partial charge in [0.05, 0.1) is 0 Å². The third kappa shape index (κ3) is 2.55. The second-order valence-electron chi connectivity index (χ2n) is 2.72. The minimum atomic E-state index is 0.0862. The molecule has 1 aliphatic heterocycles. The summed E-state index contributed by atoms with van der Waals surface area (Å²) in [5, 5.41) is 0. The van der Waals surface area contributed by atoms with Crippen molar-refractivity contribution in [2.75, 3.05) is 0 Å². The van der Waals surface area contributed by atoms with E-state index in [-0.39, 0.29) is 16.2 Å². The van der Waals surface area contributed by atoms with Crippen molar-refractivity contribution in [3.05, 3.63) is 0 Å². The molecule has 1 rings (SSSR count).